The molecule has 1 amide bonds. The molecule has 0 spiro atoms. The van der Waals surface area contributed by atoms with Gasteiger partial charge in [-0.1, -0.05) is 49.7 Å². The summed E-state index contributed by atoms with van der Waals surface area (Å²) in [6.45, 7) is 4.21. The molecule has 1 unspecified atom stereocenters. The van der Waals surface area contributed by atoms with E-state index >= 15 is 0 Å². The van der Waals surface area contributed by atoms with Gasteiger partial charge in [-0.2, -0.15) is 5.26 Å². The highest BCUT2D eigenvalue weighted by Gasteiger charge is 2.40. The predicted molar refractivity (Wildman–Crippen MR) is 125 cm³/mol. The summed E-state index contributed by atoms with van der Waals surface area (Å²) in [5, 5.41) is 11.5. The number of nitrogens with zero attached hydrogens (tertiary/aromatic N) is 3. The van der Waals surface area contributed by atoms with E-state index in [0.717, 1.165) is 11.1 Å². The molecule has 1 aliphatic heterocycles. The van der Waals surface area contributed by atoms with Gasteiger partial charge in [-0.15, -0.1) is 0 Å². The van der Waals surface area contributed by atoms with E-state index < -0.39 is 11.8 Å². The number of benzene rings is 1. The lowest BCUT2D eigenvalue weighted by Gasteiger charge is -2.39. The van der Waals surface area contributed by atoms with E-state index in [4.69, 9.17) is 17.3 Å². The summed E-state index contributed by atoms with van der Waals surface area (Å²) < 4.78 is 0. The number of allylic oxidation sites excluding steroid dienone is 3. The summed E-state index contributed by atoms with van der Waals surface area (Å²) >= 11 is 6.08. The topological polar surface area (TPSA) is 112 Å². The van der Waals surface area contributed by atoms with Gasteiger partial charge in [0.25, 0.3) is 5.91 Å². The van der Waals surface area contributed by atoms with E-state index in [1.807, 2.05) is 24.3 Å². The summed E-state index contributed by atoms with van der Waals surface area (Å²) in [4.78, 5) is 30.0. The van der Waals surface area contributed by atoms with E-state index in [0.29, 0.717) is 36.5 Å². The van der Waals surface area contributed by atoms with Crippen LogP contribution in [0.15, 0.2) is 65.3 Å². The third-order valence-electron chi connectivity index (χ3n) is 6.07. The van der Waals surface area contributed by atoms with Gasteiger partial charge in [0.2, 0.25) is 0 Å². The molecule has 0 saturated heterocycles. The first-order valence-corrected chi connectivity index (χ1v) is 11.2. The number of Topliss-reactive ketones (excluding diaryl/α,β-unsaturated/α-hetero) is 1. The Hall–Kier alpha value is -3.63. The molecular formula is C25H24ClN5O2. The first-order valence-electron chi connectivity index (χ1n) is 10.8. The van der Waals surface area contributed by atoms with Gasteiger partial charge in [-0.25, -0.2) is 9.99 Å². The fraction of sp³-hybridized carbons (Fsp3) is 0.280. The lowest BCUT2D eigenvalue weighted by Crippen LogP contribution is -2.48. The minimum absolute atomic E-state index is 0.0481. The lowest BCUT2D eigenvalue weighted by atomic mass is 9.76. The third kappa shape index (κ3) is 4.10. The van der Waals surface area contributed by atoms with Crippen LogP contribution < -0.4 is 11.2 Å². The van der Waals surface area contributed by atoms with Gasteiger partial charge in [0.15, 0.2) is 5.78 Å². The molecule has 0 radical (unpaired) electrons. The number of nitrogens with one attached hydrogen (secondary N) is 1. The van der Waals surface area contributed by atoms with Crippen molar-refractivity contribution in [2.75, 3.05) is 0 Å². The molecule has 0 saturated carbocycles. The number of hydrogen-bond donors (Lipinski definition) is 2. The standard InChI is InChI=1S/C25H24ClN5O2/c1-14(2)15-8-10-16(11-9-15)21-18(13-27)24(28)31(19-6-3-7-20(32)22(19)21)30-25(33)17-5-4-12-29-23(17)26/h4-5,8-12,14,21H,3,6-7,28H2,1-2H3,(H,30,33). The Morgan fingerprint density at radius 1 is 1.27 bits per heavy atom. The monoisotopic (exact) mass is 461 g/mol. The SMILES string of the molecule is CC(C)c1ccc(C2C(C#N)=C(N)N(NC(=O)c3cccnc3Cl)C3=C2C(=O)CCC3)cc1. The third-order valence-corrected chi connectivity index (χ3v) is 6.37. The van der Waals surface area contributed by atoms with E-state index in [1.165, 1.54) is 11.2 Å². The average Bonchev–Trinajstić information content (AvgIpc) is 2.81. The average molecular weight is 462 g/mol. The molecule has 4 rings (SSSR count). The minimum atomic E-state index is -0.575. The first kappa shape index (κ1) is 22.6. The second kappa shape index (κ2) is 9.08. The number of hydrazine groups is 1. The zero-order valence-corrected chi connectivity index (χ0v) is 19.2. The molecule has 1 aromatic carbocycles. The van der Waals surface area contributed by atoms with Gasteiger partial charge < -0.3 is 5.73 Å². The molecule has 3 N–H and O–H groups in total. The molecule has 1 aliphatic carbocycles. The zero-order chi connectivity index (χ0) is 23.7. The fourth-order valence-electron chi connectivity index (χ4n) is 4.34. The van der Waals surface area contributed by atoms with Gasteiger partial charge in [0, 0.05) is 23.9 Å². The fourth-order valence-corrected chi connectivity index (χ4v) is 4.54. The zero-order valence-electron chi connectivity index (χ0n) is 18.4. The van der Waals surface area contributed by atoms with Gasteiger partial charge >= 0.3 is 0 Å². The quantitative estimate of drug-likeness (QED) is 0.656. The molecule has 8 heteroatoms. The van der Waals surface area contributed by atoms with E-state index in [2.05, 4.69) is 30.3 Å². The van der Waals surface area contributed by atoms with Crippen LogP contribution in [0.5, 0.6) is 0 Å². The summed E-state index contributed by atoms with van der Waals surface area (Å²) in [5.74, 6) is -0.699. The van der Waals surface area contributed by atoms with Crippen LogP contribution in [0.25, 0.3) is 0 Å². The summed E-state index contributed by atoms with van der Waals surface area (Å²) in [5.41, 5.74) is 12.6. The maximum atomic E-state index is 13.1. The Morgan fingerprint density at radius 3 is 2.64 bits per heavy atom. The van der Waals surface area contributed by atoms with Crippen LogP contribution >= 0.6 is 11.6 Å². The smallest absolute Gasteiger partial charge is 0.273 e. The van der Waals surface area contributed by atoms with Crippen LogP contribution in [0, 0.1) is 11.3 Å². The number of nitrogens with two attached hydrogens (primary N) is 1. The number of rotatable bonds is 4. The maximum absolute atomic E-state index is 13.1. The summed E-state index contributed by atoms with van der Waals surface area (Å²) in [6.07, 6.45) is 3.04. The van der Waals surface area contributed by atoms with Gasteiger partial charge in [-0.3, -0.25) is 15.0 Å². The maximum Gasteiger partial charge on any atom is 0.273 e. The van der Waals surface area contributed by atoms with Crippen molar-refractivity contribution in [1.82, 2.24) is 15.4 Å². The largest absolute Gasteiger partial charge is 0.383 e. The lowest BCUT2D eigenvalue weighted by molar-refractivity contribution is -0.116. The number of nitriles is 1. The van der Waals surface area contributed by atoms with E-state index in [1.54, 1.807) is 12.1 Å². The van der Waals surface area contributed by atoms with Crippen molar-refractivity contribution in [3.63, 3.8) is 0 Å². The normalized spacial score (nSPS) is 18.3. The molecule has 33 heavy (non-hydrogen) atoms. The van der Waals surface area contributed by atoms with Crippen LogP contribution in [-0.2, 0) is 4.79 Å². The van der Waals surface area contributed by atoms with Crippen LogP contribution in [-0.4, -0.2) is 21.7 Å². The number of amides is 1. The first-order chi connectivity index (χ1) is 15.8. The van der Waals surface area contributed by atoms with Crippen LogP contribution in [0.3, 0.4) is 0 Å². The number of hydrogen-bond acceptors (Lipinski definition) is 6. The Balaban J connectivity index is 1.80. The van der Waals surface area contributed by atoms with Crippen LogP contribution in [0.1, 0.15) is 66.4 Å². The molecule has 7 nitrogen and oxygen atoms in total. The van der Waals surface area contributed by atoms with E-state index in [-0.39, 0.29) is 27.9 Å². The van der Waals surface area contributed by atoms with Crippen molar-refractivity contribution >= 4 is 23.3 Å². The van der Waals surface area contributed by atoms with Crippen molar-refractivity contribution < 1.29 is 9.59 Å². The Labute approximate surface area is 197 Å². The molecule has 2 aromatic rings. The second-order valence-electron chi connectivity index (χ2n) is 8.42. The molecule has 2 heterocycles. The highest BCUT2D eigenvalue weighted by atomic mass is 35.5. The molecule has 0 fully saturated rings. The van der Waals surface area contributed by atoms with Crippen molar-refractivity contribution in [3.05, 3.63) is 87.1 Å². The second-order valence-corrected chi connectivity index (χ2v) is 8.78. The Morgan fingerprint density at radius 2 is 2.00 bits per heavy atom. The number of pyridine rings is 1. The molecule has 0 bridgehead atoms. The number of halogens is 1. The van der Waals surface area contributed by atoms with Gasteiger partial charge in [-0.05, 0) is 42.0 Å². The number of ketones is 1. The highest BCUT2D eigenvalue weighted by Crippen LogP contribution is 2.44. The van der Waals surface area contributed by atoms with Crippen LogP contribution in [0.2, 0.25) is 5.15 Å². The number of carbonyl (C=O) groups is 2. The Bertz CT molecular complexity index is 1220. The molecule has 1 aromatic heterocycles. The van der Waals surface area contributed by atoms with Gasteiger partial charge in [0.05, 0.1) is 23.1 Å². The molecular weight excluding hydrogens is 438 g/mol. The van der Waals surface area contributed by atoms with Crippen LogP contribution in [0.4, 0.5) is 0 Å². The minimum Gasteiger partial charge on any atom is -0.383 e. The predicted octanol–water partition coefficient (Wildman–Crippen LogP) is 4.30. The van der Waals surface area contributed by atoms with Crippen molar-refractivity contribution in [2.45, 2.75) is 44.9 Å². The van der Waals surface area contributed by atoms with Gasteiger partial charge in [0.1, 0.15) is 11.0 Å². The summed E-state index contributed by atoms with van der Waals surface area (Å²) in [6, 6.07) is 13.2. The number of aromatic nitrogens is 1. The Kier molecular flexibility index (Phi) is 6.21. The highest BCUT2D eigenvalue weighted by molar-refractivity contribution is 6.32. The molecule has 2 aliphatic rings. The summed E-state index contributed by atoms with van der Waals surface area (Å²) in [7, 11) is 0. The molecule has 1 atom stereocenters. The van der Waals surface area contributed by atoms with Crippen molar-refractivity contribution in [2.24, 2.45) is 5.73 Å². The number of carbonyl (C=O) groups excluding carboxylic acids is 2. The van der Waals surface area contributed by atoms with E-state index in [9.17, 15) is 14.9 Å². The van der Waals surface area contributed by atoms with Crippen molar-refractivity contribution in [1.29, 1.82) is 5.26 Å². The molecule has 168 valence electrons. The van der Waals surface area contributed by atoms with Crippen molar-refractivity contribution in [3.8, 4) is 6.07 Å².